The third kappa shape index (κ3) is 2.77. The van der Waals surface area contributed by atoms with Crippen LogP contribution in [0.1, 0.15) is 5.56 Å². The van der Waals surface area contributed by atoms with Crippen molar-refractivity contribution in [1.82, 2.24) is 23.9 Å². The summed E-state index contributed by atoms with van der Waals surface area (Å²) in [6, 6.07) is 15.9. The van der Waals surface area contributed by atoms with Crippen molar-refractivity contribution in [1.29, 1.82) is 0 Å². The molecule has 4 heterocycles. The van der Waals surface area contributed by atoms with Gasteiger partial charge in [-0.15, -0.1) is 0 Å². The van der Waals surface area contributed by atoms with Crippen LogP contribution >= 0.6 is 0 Å². The molecule has 0 bridgehead atoms. The van der Waals surface area contributed by atoms with Gasteiger partial charge in [0, 0.05) is 24.8 Å². The van der Waals surface area contributed by atoms with Crippen molar-refractivity contribution < 1.29 is 0 Å². The zero-order valence-corrected chi connectivity index (χ0v) is 14.4. The van der Waals surface area contributed by atoms with Gasteiger partial charge in [-0.3, -0.25) is 9.36 Å². The van der Waals surface area contributed by atoms with E-state index in [2.05, 4.69) is 39.3 Å². The molecule has 0 atom stereocenters. The summed E-state index contributed by atoms with van der Waals surface area (Å²) in [5.74, 6) is 0. The minimum Gasteiger partial charge on any atom is -0.306 e. The van der Waals surface area contributed by atoms with Gasteiger partial charge in [-0.25, -0.2) is 15.0 Å². The molecule has 0 fully saturated rings. The SMILES string of the molecule is O=c1cnc2ncccc2n1Cc1cccc(-c2ccc3nccn3c2)c1. The second-order valence-corrected chi connectivity index (χ2v) is 6.34. The average molecular weight is 353 g/mol. The van der Waals surface area contributed by atoms with Gasteiger partial charge in [0.05, 0.1) is 18.3 Å². The van der Waals surface area contributed by atoms with E-state index in [0.29, 0.717) is 12.2 Å². The van der Waals surface area contributed by atoms with Crippen LogP contribution in [0.3, 0.4) is 0 Å². The molecule has 27 heavy (non-hydrogen) atoms. The molecule has 4 aromatic heterocycles. The molecule has 130 valence electrons. The molecule has 0 saturated carbocycles. The van der Waals surface area contributed by atoms with Crippen molar-refractivity contribution in [3.63, 3.8) is 0 Å². The molecule has 1 aromatic carbocycles. The van der Waals surface area contributed by atoms with Crippen LogP contribution in [0.15, 0.2) is 84.3 Å². The van der Waals surface area contributed by atoms with E-state index in [1.165, 1.54) is 6.20 Å². The van der Waals surface area contributed by atoms with Crippen molar-refractivity contribution in [2.24, 2.45) is 0 Å². The highest BCUT2D eigenvalue weighted by atomic mass is 16.1. The Kier molecular flexibility index (Phi) is 3.53. The highest BCUT2D eigenvalue weighted by Crippen LogP contribution is 2.22. The van der Waals surface area contributed by atoms with E-state index in [1.807, 2.05) is 40.9 Å². The molecule has 5 rings (SSSR count). The summed E-state index contributed by atoms with van der Waals surface area (Å²) in [6.45, 7) is 0.463. The predicted molar refractivity (Wildman–Crippen MR) is 104 cm³/mol. The van der Waals surface area contributed by atoms with Crippen LogP contribution in [0.25, 0.3) is 27.9 Å². The van der Waals surface area contributed by atoms with Gasteiger partial charge in [0.25, 0.3) is 5.56 Å². The van der Waals surface area contributed by atoms with Gasteiger partial charge >= 0.3 is 0 Å². The maximum atomic E-state index is 12.4. The Bertz CT molecular complexity index is 1340. The number of fused-ring (bicyclic) bond motifs is 2. The highest BCUT2D eigenvalue weighted by Gasteiger charge is 2.07. The molecule has 6 nitrogen and oxygen atoms in total. The van der Waals surface area contributed by atoms with Gasteiger partial charge in [0.15, 0.2) is 5.65 Å². The van der Waals surface area contributed by atoms with Crippen molar-refractivity contribution in [3.8, 4) is 11.1 Å². The molecule has 6 heteroatoms. The zero-order valence-electron chi connectivity index (χ0n) is 14.4. The normalized spacial score (nSPS) is 11.3. The van der Waals surface area contributed by atoms with E-state index >= 15 is 0 Å². The molecule has 0 spiro atoms. The lowest BCUT2D eigenvalue weighted by Gasteiger charge is -2.10. The molecule has 0 unspecified atom stereocenters. The van der Waals surface area contributed by atoms with Gasteiger partial charge in [0.1, 0.15) is 5.65 Å². The smallest absolute Gasteiger partial charge is 0.269 e. The Labute approximate surface area is 154 Å². The summed E-state index contributed by atoms with van der Waals surface area (Å²) < 4.78 is 3.70. The van der Waals surface area contributed by atoms with E-state index in [0.717, 1.165) is 27.9 Å². The summed E-state index contributed by atoms with van der Waals surface area (Å²) in [7, 11) is 0. The first-order chi connectivity index (χ1) is 13.3. The number of rotatable bonds is 3. The lowest BCUT2D eigenvalue weighted by molar-refractivity contribution is 0.784. The molecule has 5 aromatic rings. The number of hydrogen-bond acceptors (Lipinski definition) is 4. The lowest BCUT2D eigenvalue weighted by atomic mass is 10.0. The van der Waals surface area contributed by atoms with Crippen LogP contribution in [-0.4, -0.2) is 23.9 Å². The van der Waals surface area contributed by atoms with Crippen LogP contribution in [0.2, 0.25) is 0 Å². The van der Waals surface area contributed by atoms with Crippen molar-refractivity contribution in [2.75, 3.05) is 0 Å². The lowest BCUT2D eigenvalue weighted by Crippen LogP contribution is -2.21. The van der Waals surface area contributed by atoms with Crippen LogP contribution in [0.4, 0.5) is 0 Å². The first-order valence-corrected chi connectivity index (χ1v) is 8.60. The fourth-order valence-corrected chi connectivity index (χ4v) is 3.29. The van der Waals surface area contributed by atoms with Gasteiger partial charge in [0.2, 0.25) is 0 Å². The summed E-state index contributed by atoms with van der Waals surface area (Å²) in [5.41, 5.74) is 5.30. The van der Waals surface area contributed by atoms with E-state index in [-0.39, 0.29) is 5.56 Å². The monoisotopic (exact) mass is 353 g/mol. The fraction of sp³-hybridized carbons (Fsp3) is 0.0476. The Hall–Kier alpha value is -3.80. The Morgan fingerprint density at radius 3 is 2.81 bits per heavy atom. The molecule has 0 aliphatic heterocycles. The maximum absolute atomic E-state index is 12.4. The number of nitrogens with zero attached hydrogens (tertiary/aromatic N) is 5. The average Bonchev–Trinajstić information content (AvgIpc) is 3.18. The molecule has 0 radical (unpaired) electrons. The Morgan fingerprint density at radius 1 is 0.889 bits per heavy atom. The summed E-state index contributed by atoms with van der Waals surface area (Å²) in [6.07, 6.45) is 8.77. The van der Waals surface area contributed by atoms with Crippen LogP contribution in [0.5, 0.6) is 0 Å². The summed E-state index contributed by atoms with van der Waals surface area (Å²) in [5, 5.41) is 0. The van der Waals surface area contributed by atoms with Gasteiger partial charge in [-0.05, 0) is 47.0 Å². The van der Waals surface area contributed by atoms with Crippen LogP contribution < -0.4 is 5.56 Å². The predicted octanol–water partition coefficient (Wildman–Crippen LogP) is 3.15. The Balaban J connectivity index is 1.57. The van der Waals surface area contributed by atoms with E-state index in [1.54, 1.807) is 17.0 Å². The first kappa shape index (κ1) is 15.5. The topological polar surface area (TPSA) is 65.1 Å². The Morgan fingerprint density at radius 2 is 1.85 bits per heavy atom. The highest BCUT2D eigenvalue weighted by molar-refractivity contribution is 5.70. The second-order valence-electron chi connectivity index (χ2n) is 6.34. The van der Waals surface area contributed by atoms with Crippen molar-refractivity contribution in [2.45, 2.75) is 6.54 Å². The van der Waals surface area contributed by atoms with Gasteiger partial charge in [-0.2, -0.15) is 0 Å². The number of imidazole rings is 1. The molecule has 0 saturated heterocycles. The third-order valence-electron chi connectivity index (χ3n) is 4.61. The third-order valence-corrected chi connectivity index (χ3v) is 4.61. The van der Waals surface area contributed by atoms with Crippen LogP contribution in [0, 0.1) is 0 Å². The number of benzene rings is 1. The van der Waals surface area contributed by atoms with Crippen molar-refractivity contribution in [3.05, 3.63) is 95.4 Å². The quantitative estimate of drug-likeness (QED) is 0.500. The van der Waals surface area contributed by atoms with E-state index in [4.69, 9.17) is 0 Å². The first-order valence-electron chi connectivity index (χ1n) is 8.60. The summed E-state index contributed by atoms with van der Waals surface area (Å²) in [4.78, 5) is 25.0. The summed E-state index contributed by atoms with van der Waals surface area (Å²) >= 11 is 0. The molecule has 0 aliphatic rings. The van der Waals surface area contributed by atoms with E-state index in [9.17, 15) is 4.79 Å². The minimum absolute atomic E-state index is 0.138. The molecular weight excluding hydrogens is 338 g/mol. The zero-order chi connectivity index (χ0) is 18.2. The molecule has 0 N–H and O–H groups in total. The van der Waals surface area contributed by atoms with E-state index < -0.39 is 0 Å². The second kappa shape index (κ2) is 6.17. The number of aromatic nitrogens is 5. The number of pyridine rings is 2. The molecule has 0 amide bonds. The molecule has 0 aliphatic carbocycles. The van der Waals surface area contributed by atoms with Gasteiger partial charge in [-0.1, -0.05) is 18.2 Å². The largest absolute Gasteiger partial charge is 0.306 e. The fourth-order valence-electron chi connectivity index (χ4n) is 3.29. The van der Waals surface area contributed by atoms with Crippen LogP contribution in [-0.2, 0) is 6.54 Å². The minimum atomic E-state index is -0.138. The van der Waals surface area contributed by atoms with Gasteiger partial charge < -0.3 is 4.40 Å². The van der Waals surface area contributed by atoms with Crippen molar-refractivity contribution >= 4 is 16.8 Å². The molecular formula is C21H15N5O. The standard InChI is InChI=1S/C21H15N5O/c27-20-12-24-21-18(5-2-8-23-21)26(20)13-15-3-1-4-16(11-15)17-6-7-19-22-9-10-25(19)14-17/h1-12,14H,13H2. The number of hydrogen-bond donors (Lipinski definition) is 0. The maximum Gasteiger partial charge on any atom is 0.269 e.